The summed E-state index contributed by atoms with van der Waals surface area (Å²) in [5, 5.41) is 3.45. The summed E-state index contributed by atoms with van der Waals surface area (Å²) in [6.45, 7) is 12.6. The first-order valence-corrected chi connectivity index (χ1v) is 5.92. The highest BCUT2D eigenvalue weighted by Gasteiger charge is 1.97. The summed E-state index contributed by atoms with van der Waals surface area (Å²) in [6.07, 6.45) is 9.70. The SMILES string of the molecule is C=C(/C=C\C(=C/C)NC(C)CC)CCC. The quantitative estimate of drug-likeness (QED) is 0.617. The highest BCUT2D eigenvalue weighted by Crippen LogP contribution is 2.05. The van der Waals surface area contributed by atoms with E-state index >= 15 is 0 Å². The van der Waals surface area contributed by atoms with E-state index in [-0.39, 0.29) is 0 Å². The Kier molecular flexibility index (Phi) is 7.79. The number of hydrogen-bond acceptors (Lipinski definition) is 1. The molecule has 0 aliphatic carbocycles. The Balaban J connectivity index is 4.16. The second kappa shape index (κ2) is 8.34. The van der Waals surface area contributed by atoms with Crippen LogP contribution in [0.2, 0.25) is 0 Å². The van der Waals surface area contributed by atoms with Gasteiger partial charge in [0.1, 0.15) is 0 Å². The van der Waals surface area contributed by atoms with Crippen molar-refractivity contribution in [2.75, 3.05) is 0 Å². The lowest BCUT2D eigenvalue weighted by atomic mass is 10.1. The van der Waals surface area contributed by atoms with Crippen molar-refractivity contribution in [2.45, 2.75) is 53.0 Å². The molecule has 0 aromatic carbocycles. The van der Waals surface area contributed by atoms with E-state index in [4.69, 9.17) is 0 Å². The average Bonchev–Trinajstić information content (AvgIpc) is 2.24. The molecule has 0 saturated carbocycles. The molecule has 86 valence electrons. The molecule has 0 aliphatic rings. The van der Waals surface area contributed by atoms with Crippen LogP contribution in [0.25, 0.3) is 0 Å². The third kappa shape index (κ3) is 7.01. The van der Waals surface area contributed by atoms with Crippen LogP contribution in [-0.2, 0) is 0 Å². The van der Waals surface area contributed by atoms with Crippen molar-refractivity contribution >= 4 is 0 Å². The summed E-state index contributed by atoms with van der Waals surface area (Å²) in [7, 11) is 0. The van der Waals surface area contributed by atoms with Crippen LogP contribution < -0.4 is 5.32 Å². The zero-order valence-electron chi connectivity index (χ0n) is 10.6. The number of hydrogen-bond donors (Lipinski definition) is 1. The molecule has 0 spiro atoms. The van der Waals surface area contributed by atoms with Crippen molar-refractivity contribution in [1.82, 2.24) is 5.32 Å². The van der Waals surface area contributed by atoms with Crippen LogP contribution >= 0.6 is 0 Å². The minimum absolute atomic E-state index is 0.528. The number of rotatable bonds is 7. The van der Waals surface area contributed by atoms with Crippen molar-refractivity contribution in [2.24, 2.45) is 0 Å². The summed E-state index contributed by atoms with van der Waals surface area (Å²) in [4.78, 5) is 0. The Labute approximate surface area is 95.0 Å². The lowest BCUT2D eigenvalue weighted by molar-refractivity contribution is 0.603. The van der Waals surface area contributed by atoms with Gasteiger partial charge in [-0.3, -0.25) is 0 Å². The van der Waals surface area contributed by atoms with E-state index in [1.165, 1.54) is 11.3 Å². The summed E-state index contributed by atoms with van der Waals surface area (Å²) in [5.74, 6) is 0. The predicted octanol–water partition coefficient (Wildman–Crippen LogP) is 4.19. The molecule has 0 saturated heterocycles. The average molecular weight is 207 g/mol. The maximum absolute atomic E-state index is 4.01. The summed E-state index contributed by atoms with van der Waals surface area (Å²) >= 11 is 0. The minimum atomic E-state index is 0.528. The third-order valence-corrected chi connectivity index (χ3v) is 2.41. The molecule has 1 unspecified atom stereocenters. The Hall–Kier alpha value is -0.980. The lowest BCUT2D eigenvalue weighted by Crippen LogP contribution is -2.23. The second-order valence-corrected chi connectivity index (χ2v) is 3.94. The van der Waals surface area contributed by atoms with E-state index in [9.17, 15) is 0 Å². The van der Waals surface area contributed by atoms with Crippen molar-refractivity contribution in [3.8, 4) is 0 Å². The van der Waals surface area contributed by atoms with Gasteiger partial charge >= 0.3 is 0 Å². The molecule has 0 bridgehead atoms. The second-order valence-electron chi connectivity index (χ2n) is 3.94. The Morgan fingerprint density at radius 2 is 2.00 bits per heavy atom. The Morgan fingerprint density at radius 3 is 2.47 bits per heavy atom. The Morgan fingerprint density at radius 1 is 1.33 bits per heavy atom. The molecule has 0 rings (SSSR count). The van der Waals surface area contributed by atoms with Crippen molar-refractivity contribution in [3.05, 3.63) is 36.1 Å². The van der Waals surface area contributed by atoms with Gasteiger partial charge in [-0.15, -0.1) is 0 Å². The maximum atomic E-state index is 4.01. The fourth-order valence-corrected chi connectivity index (χ4v) is 1.23. The van der Waals surface area contributed by atoms with Crippen LogP contribution in [0.5, 0.6) is 0 Å². The molecular weight excluding hydrogens is 182 g/mol. The molecule has 1 heteroatoms. The minimum Gasteiger partial charge on any atom is -0.383 e. The van der Waals surface area contributed by atoms with E-state index in [1.807, 2.05) is 0 Å². The summed E-state index contributed by atoms with van der Waals surface area (Å²) < 4.78 is 0. The molecule has 1 N–H and O–H groups in total. The van der Waals surface area contributed by atoms with E-state index in [0.717, 1.165) is 19.3 Å². The molecule has 1 atom stereocenters. The first-order valence-electron chi connectivity index (χ1n) is 5.92. The van der Waals surface area contributed by atoms with Crippen LogP contribution in [0.3, 0.4) is 0 Å². The van der Waals surface area contributed by atoms with Crippen molar-refractivity contribution < 1.29 is 0 Å². The molecule has 0 aromatic rings. The van der Waals surface area contributed by atoms with Crippen LogP contribution in [0.4, 0.5) is 0 Å². The van der Waals surface area contributed by atoms with Crippen LogP contribution in [0.15, 0.2) is 36.1 Å². The van der Waals surface area contributed by atoms with Gasteiger partial charge in [0.15, 0.2) is 0 Å². The number of allylic oxidation sites excluding steroid dienone is 4. The molecule has 15 heavy (non-hydrogen) atoms. The highest BCUT2D eigenvalue weighted by atomic mass is 14.9. The first kappa shape index (κ1) is 14.0. The fourth-order valence-electron chi connectivity index (χ4n) is 1.23. The van der Waals surface area contributed by atoms with Gasteiger partial charge in [0.25, 0.3) is 0 Å². The van der Waals surface area contributed by atoms with Gasteiger partial charge in [-0.2, -0.15) is 0 Å². The van der Waals surface area contributed by atoms with E-state index in [2.05, 4.69) is 57.8 Å². The molecule has 0 radical (unpaired) electrons. The van der Waals surface area contributed by atoms with Gasteiger partial charge in [0.2, 0.25) is 0 Å². The van der Waals surface area contributed by atoms with Gasteiger partial charge in [0, 0.05) is 11.7 Å². The van der Waals surface area contributed by atoms with Gasteiger partial charge in [0.05, 0.1) is 0 Å². The number of nitrogens with one attached hydrogen (secondary N) is 1. The highest BCUT2D eigenvalue weighted by molar-refractivity contribution is 5.25. The standard InChI is InChI=1S/C14H25N/c1-6-9-12(4)10-11-14(8-3)15-13(5)7-2/h8,10-11,13,15H,4,6-7,9H2,1-3,5H3/b11-10-,14-8+. The summed E-state index contributed by atoms with van der Waals surface area (Å²) in [5.41, 5.74) is 2.38. The van der Waals surface area contributed by atoms with Crippen molar-refractivity contribution in [3.63, 3.8) is 0 Å². The molecular formula is C14H25N. The van der Waals surface area contributed by atoms with Crippen LogP contribution in [-0.4, -0.2) is 6.04 Å². The Bertz CT molecular complexity index is 236. The van der Waals surface area contributed by atoms with Gasteiger partial charge in [-0.05, 0) is 32.8 Å². The first-order chi connectivity index (χ1) is 7.13. The smallest absolute Gasteiger partial charge is 0.0298 e. The van der Waals surface area contributed by atoms with Gasteiger partial charge in [-0.25, -0.2) is 0 Å². The molecule has 0 fully saturated rings. The van der Waals surface area contributed by atoms with E-state index < -0.39 is 0 Å². The maximum Gasteiger partial charge on any atom is 0.0298 e. The predicted molar refractivity (Wildman–Crippen MR) is 69.8 cm³/mol. The van der Waals surface area contributed by atoms with E-state index in [1.54, 1.807) is 0 Å². The molecule has 1 nitrogen and oxygen atoms in total. The van der Waals surface area contributed by atoms with Gasteiger partial charge in [-0.1, -0.05) is 44.6 Å². The monoisotopic (exact) mass is 207 g/mol. The fraction of sp³-hybridized carbons (Fsp3) is 0.571. The van der Waals surface area contributed by atoms with Crippen molar-refractivity contribution in [1.29, 1.82) is 0 Å². The third-order valence-electron chi connectivity index (χ3n) is 2.41. The largest absolute Gasteiger partial charge is 0.383 e. The van der Waals surface area contributed by atoms with Gasteiger partial charge < -0.3 is 5.32 Å². The lowest BCUT2D eigenvalue weighted by Gasteiger charge is -2.13. The molecule has 0 aromatic heterocycles. The normalized spacial score (nSPS) is 14.3. The summed E-state index contributed by atoms with van der Waals surface area (Å²) in [6, 6.07) is 0.528. The van der Waals surface area contributed by atoms with E-state index in [0.29, 0.717) is 6.04 Å². The zero-order valence-corrected chi connectivity index (χ0v) is 10.6. The molecule has 0 heterocycles. The topological polar surface area (TPSA) is 12.0 Å². The van der Waals surface area contributed by atoms with Crippen LogP contribution in [0, 0.1) is 0 Å². The molecule has 0 aliphatic heterocycles. The molecule has 0 amide bonds. The zero-order chi connectivity index (χ0) is 11.7. The van der Waals surface area contributed by atoms with Crippen LogP contribution in [0.1, 0.15) is 47.0 Å².